The van der Waals surface area contributed by atoms with Gasteiger partial charge in [0.25, 0.3) is 0 Å². The topological polar surface area (TPSA) is 106 Å². The van der Waals surface area contributed by atoms with Crippen LogP contribution in [0.5, 0.6) is 5.75 Å². The third-order valence-electron chi connectivity index (χ3n) is 6.28. The molecule has 1 saturated heterocycles. The molecular weight excluding hydrogens is 436 g/mol. The van der Waals surface area contributed by atoms with E-state index in [1.165, 1.54) is 0 Å². The minimum atomic E-state index is -0.478. The number of piperazine rings is 1. The first-order chi connectivity index (χ1) is 16.6. The first-order valence-corrected chi connectivity index (χ1v) is 11.5. The molecule has 1 aromatic carbocycles. The number of hydrogen-bond acceptors (Lipinski definition) is 10. The number of carbonyl (C=O) groups excluding carboxylic acids is 1. The van der Waals surface area contributed by atoms with Gasteiger partial charge in [0, 0.05) is 55.3 Å². The summed E-state index contributed by atoms with van der Waals surface area (Å²) in [7, 11) is 3.79. The van der Waals surface area contributed by atoms with Crippen LogP contribution in [0.3, 0.4) is 0 Å². The zero-order valence-electron chi connectivity index (χ0n) is 19.6. The van der Waals surface area contributed by atoms with Crippen molar-refractivity contribution in [1.82, 2.24) is 20.0 Å². The molecule has 2 aromatic heterocycles. The lowest BCUT2D eigenvalue weighted by molar-refractivity contribution is 0.0513. The lowest BCUT2D eigenvalue weighted by atomic mass is 9.94. The molecule has 0 radical (unpaired) electrons. The summed E-state index contributed by atoms with van der Waals surface area (Å²) in [4.78, 5) is 26.1. The minimum absolute atomic E-state index is 0.219. The van der Waals surface area contributed by atoms with E-state index in [2.05, 4.69) is 43.4 Å². The number of nitrogens with zero attached hydrogens (tertiary/aromatic N) is 5. The van der Waals surface area contributed by atoms with Crippen molar-refractivity contribution in [2.75, 3.05) is 57.2 Å². The van der Waals surface area contributed by atoms with E-state index >= 15 is 0 Å². The van der Waals surface area contributed by atoms with Crippen LogP contribution in [-0.4, -0.2) is 72.9 Å². The highest BCUT2D eigenvalue weighted by Crippen LogP contribution is 2.36. The Balaban J connectivity index is 1.40. The monoisotopic (exact) mass is 464 g/mol. The van der Waals surface area contributed by atoms with Crippen LogP contribution in [0.4, 0.5) is 17.3 Å². The molecule has 34 heavy (non-hydrogen) atoms. The first-order valence-electron chi connectivity index (χ1n) is 11.5. The molecule has 10 nitrogen and oxygen atoms in total. The van der Waals surface area contributed by atoms with Crippen molar-refractivity contribution < 1.29 is 18.8 Å². The standard InChI is InChI=1S/C24H28N6O4/c1-4-33-23(31)21-17-7-5-15-14-25-24(27-20(15)22(17)34-28-21)26-18-8-6-16(13-19(18)32-3)30-11-9-29(2)10-12-30/h6,8,13-14H,4-5,7,9-12H2,1-3H3,(H,25,26,27). The predicted octanol–water partition coefficient (Wildman–Crippen LogP) is 2.91. The zero-order valence-corrected chi connectivity index (χ0v) is 19.6. The first kappa shape index (κ1) is 22.1. The van der Waals surface area contributed by atoms with Crippen LogP contribution < -0.4 is 15.0 Å². The van der Waals surface area contributed by atoms with Crippen molar-refractivity contribution in [3.8, 4) is 17.2 Å². The van der Waals surface area contributed by atoms with Crippen LogP contribution in [0.1, 0.15) is 28.5 Å². The third kappa shape index (κ3) is 4.16. The number of anilines is 3. The average molecular weight is 465 g/mol. The molecule has 10 heteroatoms. The number of rotatable bonds is 6. The van der Waals surface area contributed by atoms with Gasteiger partial charge >= 0.3 is 5.97 Å². The van der Waals surface area contributed by atoms with E-state index in [9.17, 15) is 4.79 Å². The summed E-state index contributed by atoms with van der Waals surface area (Å²) in [6.45, 7) is 6.07. The molecule has 1 aliphatic carbocycles. The Kier molecular flexibility index (Phi) is 6.06. The highest BCUT2D eigenvalue weighted by molar-refractivity contribution is 5.91. The van der Waals surface area contributed by atoms with E-state index in [1.807, 2.05) is 12.1 Å². The molecule has 5 rings (SSSR count). The van der Waals surface area contributed by atoms with Crippen LogP contribution in [-0.2, 0) is 17.6 Å². The summed E-state index contributed by atoms with van der Waals surface area (Å²) >= 11 is 0. The maximum absolute atomic E-state index is 12.2. The van der Waals surface area contributed by atoms with Gasteiger partial charge in [-0.15, -0.1) is 0 Å². The molecule has 2 aliphatic rings. The zero-order chi connectivity index (χ0) is 23.7. The van der Waals surface area contributed by atoms with Gasteiger partial charge in [-0.2, -0.15) is 0 Å². The number of fused-ring (bicyclic) bond motifs is 3. The summed E-state index contributed by atoms with van der Waals surface area (Å²) < 4.78 is 16.3. The molecule has 0 bridgehead atoms. The van der Waals surface area contributed by atoms with Crippen LogP contribution in [0.15, 0.2) is 28.9 Å². The number of hydrogen-bond donors (Lipinski definition) is 1. The van der Waals surface area contributed by atoms with E-state index < -0.39 is 5.97 Å². The summed E-state index contributed by atoms with van der Waals surface area (Å²) in [6, 6.07) is 6.09. The maximum atomic E-state index is 12.2. The molecule has 0 unspecified atom stereocenters. The molecule has 3 heterocycles. The minimum Gasteiger partial charge on any atom is -0.494 e. The van der Waals surface area contributed by atoms with Gasteiger partial charge in [-0.05, 0) is 38.9 Å². The largest absolute Gasteiger partial charge is 0.494 e. The number of aryl methyl sites for hydroxylation is 1. The lowest BCUT2D eigenvalue weighted by Gasteiger charge is -2.34. The van der Waals surface area contributed by atoms with E-state index in [1.54, 1.807) is 20.2 Å². The van der Waals surface area contributed by atoms with Crippen LogP contribution in [0.25, 0.3) is 11.5 Å². The Hall–Kier alpha value is -3.66. The van der Waals surface area contributed by atoms with Gasteiger partial charge < -0.3 is 29.1 Å². The molecule has 0 saturated carbocycles. The van der Waals surface area contributed by atoms with Gasteiger partial charge in [-0.3, -0.25) is 0 Å². The Bertz CT molecular complexity index is 1200. The Morgan fingerprint density at radius 3 is 2.79 bits per heavy atom. The molecule has 0 amide bonds. The molecule has 1 N–H and O–H groups in total. The number of aromatic nitrogens is 3. The van der Waals surface area contributed by atoms with Crippen molar-refractivity contribution in [3.05, 3.63) is 41.2 Å². The quantitative estimate of drug-likeness (QED) is 0.547. The van der Waals surface area contributed by atoms with Crippen molar-refractivity contribution in [3.63, 3.8) is 0 Å². The number of ether oxygens (including phenoxy) is 2. The second-order valence-corrected chi connectivity index (χ2v) is 8.43. The Labute approximate surface area is 197 Å². The van der Waals surface area contributed by atoms with Gasteiger partial charge in [0.05, 0.1) is 19.4 Å². The molecule has 1 aliphatic heterocycles. The average Bonchev–Trinajstić information content (AvgIpc) is 3.30. The van der Waals surface area contributed by atoms with Gasteiger partial charge in [0.1, 0.15) is 11.4 Å². The van der Waals surface area contributed by atoms with Gasteiger partial charge in [0.15, 0.2) is 11.5 Å². The number of esters is 1. The Morgan fingerprint density at radius 1 is 1.21 bits per heavy atom. The number of carbonyl (C=O) groups is 1. The fourth-order valence-corrected chi connectivity index (χ4v) is 4.36. The van der Waals surface area contributed by atoms with Gasteiger partial charge in [-0.1, -0.05) is 5.16 Å². The van der Waals surface area contributed by atoms with E-state index in [-0.39, 0.29) is 12.3 Å². The van der Waals surface area contributed by atoms with Crippen molar-refractivity contribution in [1.29, 1.82) is 0 Å². The molecule has 0 spiro atoms. The van der Waals surface area contributed by atoms with Crippen molar-refractivity contribution >= 4 is 23.3 Å². The summed E-state index contributed by atoms with van der Waals surface area (Å²) in [5.41, 5.74) is 4.42. The second-order valence-electron chi connectivity index (χ2n) is 8.43. The highest BCUT2D eigenvalue weighted by Gasteiger charge is 2.30. The number of likely N-dealkylation sites (N-methyl/N-ethyl adjacent to an activating group) is 1. The van der Waals surface area contributed by atoms with Gasteiger partial charge in [0.2, 0.25) is 5.95 Å². The normalized spacial score (nSPS) is 15.4. The van der Waals surface area contributed by atoms with Gasteiger partial charge in [-0.25, -0.2) is 14.8 Å². The predicted molar refractivity (Wildman–Crippen MR) is 127 cm³/mol. The number of benzene rings is 1. The number of methoxy groups -OCH3 is 1. The summed E-state index contributed by atoms with van der Waals surface area (Å²) in [5.74, 6) is 1.13. The van der Waals surface area contributed by atoms with E-state index in [0.29, 0.717) is 36.0 Å². The SMILES string of the molecule is CCOC(=O)c1noc2c1CCc1cnc(Nc3ccc(N4CCN(C)CC4)cc3OC)nc1-2. The Morgan fingerprint density at radius 2 is 2.03 bits per heavy atom. The van der Waals surface area contributed by atoms with Crippen molar-refractivity contribution in [2.45, 2.75) is 19.8 Å². The van der Waals surface area contributed by atoms with E-state index in [4.69, 9.17) is 14.0 Å². The van der Waals surface area contributed by atoms with Crippen LogP contribution in [0, 0.1) is 0 Å². The van der Waals surface area contributed by atoms with Crippen LogP contribution >= 0.6 is 0 Å². The maximum Gasteiger partial charge on any atom is 0.360 e. The lowest BCUT2D eigenvalue weighted by Crippen LogP contribution is -2.44. The van der Waals surface area contributed by atoms with Crippen LogP contribution in [0.2, 0.25) is 0 Å². The van der Waals surface area contributed by atoms with Crippen molar-refractivity contribution in [2.24, 2.45) is 0 Å². The fourth-order valence-electron chi connectivity index (χ4n) is 4.36. The molecule has 178 valence electrons. The molecular formula is C24H28N6O4. The molecule has 3 aromatic rings. The number of nitrogens with one attached hydrogen (secondary N) is 1. The summed E-state index contributed by atoms with van der Waals surface area (Å²) in [5, 5.41) is 7.22. The fraction of sp³-hybridized carbons (Fsp3) is 0.417. The summed E-state index contributed by atoms with van der Waals surface area (Å²) in [6.07, 6.45) is 3.10. The van der Waals surface area contributed by atoms with E-state index in [0.717, 1.165) is 48.7 Å². The highest BCUT2D eigenvalue weighted by atomic mass is 16.5. The molecule has 0 atom stereocenters. The smallest absolute Gasteiger partial charge is 0.360 e. The second kappa shape index (κ2) is 9.30. The third-order valence-corrected chi connectivity index (χ3v) is 6.28. The molecule has 1 fully saturated rings.